The monoisotopic (exact) mass is 366 g/mol. The van der Waals surface area contributed by atoms with E-state index in [1.165, 1.54) is 14.2 Å². The molecule has 7 heteroatoms. The van der Waals surface area contributed by atoms with Gasteiger partial charge in [0.2, 0.25) is 0 Å². The summed E-state index contributed by atoms with van der Waals surface area (Å²) in [7, 11) is 2.92. The van der Waals surface area contributed by atoms with E-state index in [4.69, 9.17) is 30.1 Å². The molecular weight excluding hydrogens is 347 g/mol. The number of benzene rings is 2. The molecule has 0 aliphatic heterocycles. The van der Waals surface area contributed by atoms with Crippen molar-refractivity contribution in [1.29, 1.82) is 0 Å². The van der Waals surface area contributed by atoms with Crippen LogP contribution in [0.2, 0.25) is 0 Å². The average molecular weight is 366 g/mol. The zero-order chi connectivity index (χ0) is 17.6. The highest BCUT2D eigenvalue weighted by molar-refractivity contribution is 8.07. The second-order valence-corrected chi connectivity index (χ2v) is 7.87. The molecule has 24 heavy (non-hydrogen) atoms. The molecule has 0 radical (unpaired) electrons. The Morgan fingerprint density at radius 1 is 0.958 bits per heavy atom. The van der Waals surface area contributed by atoms with Crippen LogP contribution in [-0.2, 0) is 25.6 Å². The molecule has 128 valence electrons. The molecule has 0 aliphatic carbocycles. The zero-order valence-corrected chi connectivity index (χ0v) is 15.4. The van der Waals surface area contributed by atoms with Crippen LogP contribution < -0.4 is 4.52 Å². The number of carbonyl (C=O) groups is 1. The fourth-order valence-corrected chi connectivity index (χ4v) is 2.94. The van der Waals surface area contributed by atoms with Crippen LogP contribution in [-0.4, -0.2) is 26.8 Å². The van der Waals surface area contributed by atoms with Gasteiger partial charge < -0.3 is 18.3 Å². The van der Waals surface area contributed by atoms with Crippen molar-refractivity contribution in [2.75, 3.05) is 20.8 Å². The Morgan fingerprint density at radius 3 is 1.92 bits per heavy atom. The molecule has 2 rings (SSSR count). The highest BCUT2D eigenvalue weighted by atomic mass is 32.5. The smallest absolute Gasteiger partial charge is 0.380 e. The Hall–Kier alpha value is -1.72. The van der Waals surface area contributed by atoms with Gasteiger partial charge in [-0.1, -0.05) is 24.3 Å². The molecule has 2 aromatic carbocycles. The van der Waals surface area contributed by atoms with Gasteiger partial charge in [0.15, 0.2) is 0 Å². The van der Waals surface area contributed by atoms with Crippen LogP contribution in [0.25, 0.3) is 11.1 Å². The summed E-state index contributed by atoms with van der Waals surface area (Å²) in [6.45, 7) is -0.593. The van der Waals surface area contributed by atoms with E-state index in [-0.39, 0.29) is 5.97 Å². The Labute approximate surface area is 146 Å². The van der Waals surface area contributed by atoms with E-state index in [0.29, 0.717) is 17.9 Å². The number of esters is 1. The first-order valence-corrected chi connectivity index (χ1v) is 9.85. The van der Waals surface area contributed by atoms with Crippen LogP contribution in [0.3, 0.4) is 0 Å². The third-order valence-electron chi connectivity index (χ3n) is 3.25. The molecule has 0 heterocycles. The maximum Gasteiger partial charge on any atom is 0.380 e. The van der Waals surface area contributed by atoms with Gasteiger partial charge in [0.25, 0.3) is 0 Å². The summed E-state index contributed by atoms with van der Waals surface area (Å²) >= 11 is 5.17. The van der Waals surface area contributed by atoms with Gasteiger partial charge in [-0.15, -0.1) is 0 Å². The summed E-state index contributed by atoms with van der Waals surface area (Å²) in [5.74, 6) is 0.256. The fourth-order valence-electron chi connectivity index (χ4n) is 2.00. The summed E-state index contributed by atoms with van der Waals surface area (Å²) in [6.07, 6.45) is 0. The molecule has 0 N–H and O–H groups in total. The van der Waals surface area contributed by atoms with Crippen molar-refractivity contribution in [3.05, 3.63) is 54.1 Å². The molecule has 0 saturated carbocycles. The lowest BCUT2D eigenvalue weighted by Gasteiger charge is -2.18. The van der Waals surface area contributed by atoms with Crippen molar-refractivity contribution >= 4 is 24.5 Å². The van der Waals surface area contributed by atoms with Gasteiger partial charge in [-0.05, 0) is 42.3 Å². The van der Waals surface area contributed by atoms with Crippen molar-refractivity contribution in [2.45, 2.75) is 6.92 Å². The van der Waals surface area contributed by atoms with E-state index < -0.39 is 6.72 Å². The summed E-state index contributed by atoms with van der Waals surface area (Å²) in [6, 6.07) is 14.6. The van der Waals surface area contributed by atoms with E-state index in [1.54, 1.807) is 31.2 Å². The molecule has 0 fully saturated rings. The number of rotatable bonds is 7. The lowest BCUT2D eigenvalue weighted by Crippen LogP contribution is -2.03. The van der Waals surface area contributed by atoms with Crippen LogP contribution in [0, 0.1) is 0 Å². The molecule has 0 saturated heterocycles. The summed E-state index contributed by atoms with van der Waals surface area (Å²) in [5, 5.41) is 0. The quantitative estimate of drug-likeness (QED) is 0.534. The Kier molecular flexibility index (Phi) is 6.52. The first-order chi connectivity index (χ1) is 11.5. The largest absolute Gasteiger partial charge is 0.462 e. The van der Waals surface area contributed by atoms with E-state index in [2.05, 4.69) is 0 Å². The topological polar surface area (TPSA) is 54.0 Å². The van der Waals surface area contributed by atoms with Crippen LogP contribution in [0.5, 0.6) is 5.75 Å². The van der Waals surface area contributed by atoms with Gasteiger partial charge in [0.1, 0.15) is 5.75 Å². The standard InChI is InChI=1S/C17H19O5PS/c1-4-21-17(18)15-7-5-13(6-8-15)14-9-11-16(12-10-14)22-23(24,19-2)20-3/h5-12H,4H2,1-3H3. The highest BCUT2D eigenvalue weighted by Crippen LogP contribution is 2.48. The molecule has 0 amide bonds. The SMILES string of the molecule is CCOC(=O)c1ccc(-c2ccc(OP(=S)(OC)OC)cc2)cc1. The van der Waals surface area contributed by atoms with Crippen LogP contribution in [0.1, 0.15) is 17.3 Å². The lowest BCUT2D eigenvalue weighted by atomic mass is 10.0. The van der Waals surface area contributed by atoms with Gasteiger partial charge in [0, 0.05) is 26.0 Å². The van der Waals surface area contributed by atoms with Gasteiger partial charge in [-0.25, -0.2) is 4.79 Å². The van der Waals surface area contributed by atoms with Crippen LogP contribution in [0.4, 0.5) is 0 Å². The van der Waals surface area contributed by atoms with Crippen molar-refractivity contribution in [2.24, 2.45) is 0 Å². The molecule has 0 atom stereocenters. The Balaban J connectivity index is 2.13. The van der Waals surface area contributed by atoms with Gasteiger partial charge in [-0.2, -0.15) is 0 Å². The first kappa shape index (κ1) is 18.6. The highest BCUT2D eigenvalue weighted by Gasteiger charge is 2.18. The minimum absolute atomic E-state index is 0.322. The molecule has 0 unspecified atom stereocenters. The van der Waals surface area contributed by atoms with Crippen molar-refractivity contribution in [3.63, 3.8) is 0 Å². The van der Waals surface area contributed by atoms with E-state index in [0.717, 1.165) is 11.1 Å². The second kappa shape index (κ2) is 8.40. The number of carbonyl (C=O) groups excluding carboxylic acids is 1. The number of hydrogen-bond donors (Lipinski definition) is 0. The minimum atomic E-state index is -2.73. The second-order valence-electron chi connectivity index (χ2n) is 4.73. The van der Waals surface area contributed by atoms with Gasteiger partial charge in [0.05, 0.1) is 12.2 Å². The van der Waals surface area contributed by atoms with Crippen molar-refractivity contribution < 1.29 is 23.1 Å². The lowest BCUT2D eigenvalue weighted by molar-refractivity contribution is 0.0526. The van der Waals surface area contributed by atoms with Crippen LogP contribution >= 0.6 is 6.72 Å². The molecular formula is C17H19O5PS. The van der Waals surface area contributed by atoms with E-state index in [9.17, 15) is 4.79 Å². The van der Waals surface area contributed by atoms with Gasteiger partial charge in [-0.3, -0.25) is 0 Å². The van der Waals surface area contributed by atoms with E-state index >= 15 is 0 Å². The Morgan fingerprint density at radius 2 is 1.46 bits per heavy atom. The zero-order valence-electron chi connectivity index (χ0n) is 13.7. The molecule has 0 aromatic heterocycles. The maximum atomic E-state index is 11.7. The Bertz CT molecular complexity index is 720. The fraction of sp³-hybridized carbons (Fsp3) is 0.235. The molecule has 2 aromatic rings. The molecule has 0 bridgehead atoms. The van der Waals surface area contributed by atoms with E-state index in [1.807, 2.05) is 24.3 Å². The molecule has 0 aliphatic rings. The predicted octanol–water partition coefficient (Wildman–Crippen LogP) is 4.43. The molecule has 0 spiro atoms. The maximum absolute atomic E-state index is 11.7. The average Bonchev–Trinajstić information content (AvgIpc) is 2.62. The normalized spacial score (nSPS) is 11.1. The summed E-state index contributed by atoms with van der Waals surface area (Å²) in [5.41, 5.74) is 2.50. The first-order valence-electron chi connectivity index (χ1n) is 7.30. The van der Waals surface area contributed by atoms with Gasteiger partial charge >= 0.3 is 12.7 Å². The number of ether oxygens (including phenoxy) is 1. The third kappa shape index (κ3) is 4.65. The van der Waals surface area contributed by atoms with Crippen LogP contribution in [0.15, 0.2) is 48.5 Å². The number of hydrogen-bond acceptors (Lipinski definition) is 6. The summed E-state index contributed by atoms with van der Waals surface area (Å²) < 4.78 is 20.8. The minimum Gasteiger partial charge on any atom is -0.462 e. The third-order valence-corrected chi connectivity index (χ3v) is 5.69. The van der Waals surface area contributed by atoms with Crippen molar-refractivity contribution in [1.82, 2.24) is 0 Å². The molecule has 5 nitrogen and oxygen atoms in total. The van der Waals surface area contributed by atoms with Crippen molar-refractivity contribution in [3.8, 4) is 16.9 Å². The summed E-state index contributed by atoms with van der Waals surface area (Å²) in [4.78, 5) is 11.7. The predicted molar refractivity (Wildman–Crippen MR) is 96.8 cm³/mol.